The van der Waals surface area contributed by atoms with Crippen molar-refractivity contribution in [3.63, 3.8) is 0 Å². The Morgan fingerprint density at radius 2 is 1.81 bits per heavy atom. The van der Waals surface area contributed by atoms with Crippen LogP contribution in [0.2, 0.25) is 0 Å². The van der Waals surface area contributed by atoms with Gasteiger partial charge in [0.25, 0.3) is 0 Å². The van der Waals surface area contributed by atoms with Crippen LogP contribution in [-0.2, 0) is 29.1 Å². The number of carbonyl (C=O) groups excluding carboxylic acids is 1. The monoisotopic (exact) mass is 503 g/mol. The number of pyridine rings is 1. The summed E-state index contributed by atoms with van der Waals surface area (Å²) in [5.74, 6) is -7.20. The molecule has 1 aliphatic carbocycles. The molecule has 6 nitrogen and oxygen atoms in total. The van der Waals surface area contributed by atoms with Gasteiger partial charge in [-0.2, -0.15) is 0 Å². The molecule has 0 atom stereocenters. The smallest absolute Gasteiger partial charge is 0.306 e. The molecule has 3 heterocycles. The average Bonchev–Trinajstić information content (AvgIpc) is 3.18. The lowest BCUT2D eigenvalue weighted by Crippen LogP contribution is -2.38. The van der Waals surface area contributed by atoms with Gasteiger partial charge in [0, 0.05) is 41.9 Å². The Morgan fingerprint density at radius 3 is 2.53 bits per heavy atom. The third kappa shape index (κ3) is 4.33. The zero-order chi connectivity index (χ0) is 25.6. The van der Waals surface area contributed by atoms with Crippen LogP contribution in [0.4, 0.5) is 17.6 Å². The molecule has 1 fully saturated rings. The summed E-state index contributed by atoms with van der Waals surface area (Å²) < 4.78 is 57.9. The summed E-state index contributed by atoms with van der Waals surface area (Å²) in [5.41, 5.74) is 1.40. The van der Waals surface area contributed by atoms with E-state index in [1.807, 2.05) is 6.07 Å². The number of aliphatic carboxylic acids is 1. The van der Waals surface area contributed by atoms with Gasteiger partial charge in [-0.1, -0.05) is 0 Å². The third-order valence-electron chi connectivity index (χ3n) is 7.55. The maximum absolute atomic E-state index is 14.5. The van der Waals surface area contributed by atoms with Gasteiger partial charge in [-0.25, -0.2) is 22.5 Å². The van der Waals surface area contributed by atoms with E-state index in [1.54, 1.807) is 21.7 Å². The molecule has 1 N–H and O–H groups in total. The summed E-state index contributed by atoms with van der Waals surface area (Å²) in [6.07, 6.45) is 4.85. The molecule has 5 rings (SSSR count). The number of aromatic nitrogens is 2. The highest BCUT2D eigenvalue weighted by Gasteiger charge is 2.32. The van der Waals surface area contributed by atoms with Gasteiger partial charge in [0.2, 0.25) is 5.91 Å². The van der Waals surface area contributed by atoms with E-state index in [4.69, 9.17) is 0 Å². The second-order valence-electron chi connectivity index (χ2n) is 9.66. The second kappa shape index (κ2) is 9.55. The minimum absolute atomic E-state index is 0.0608. The van der Waals surface area contributed by atoms with E-state index in [0.29, 0.717) is 62.5 Å². The Balaban J connectivity index is 1.41. The molecule has 36 heavy (non-hydrogen) atoms. The van der Waals surface area contributed by atoms with Gasteiger partial charge in [-0.15, -0.1) is 0 Å². The van der Waals surface area contributed by atoms with Crippen LogP contribution in [-0.4, -0.2) is 38.0 Å². The molecular weight excluding hydrogens is 478 g/mol. The summed E-state index contributed by atoms with van der Waals surface area (Å²) in [4.78, 5) is 30.4. The standard InChI is InChI=1S/C26H25F4N3O3/c27-19-11-20(28)24(30)23(29)18(19)12-33-21-13-32(9-7-16(21)17-2-1-8-31-25(17)33)22(34)10-14-3-5-15(6-4-14)26(35)36/h1-2,8,11,14-15H,3-7,9-10,12-13H2,(H,35,36). The number of fused-ring (bicyclic) bond motifs is 3. The number of halogens is 4. The minimum Gasteiger partial charge on any atom is -0.481 e. The number of benzene rings is 1. The predicted octanol–water partition coefficient (Wildman–Crippen LogP) is 4.81. The Hall–Kier alpha value is -3.43. The lowest BCUT2D eigenvalue weighted by atomic mass is 9.80. The summed E-state index contributed by atoms with van der Waals surface area (Å²) in [6.45, 7) is 0.263. The molecule has 1 saturated carbocycles. The maximum Gasteiger partial charge on any atom is 0.306 e. The normalized spacial score (nSPS) is 19.9. The molecule has 2 aromatic heterocycles. The zero-order valence-corrected chi connectivity index (χ0v) is 19.4. The van der Waals surface area contributed by atoms with Crippen LogP contribution >= 0.6 is 0 Å². The van der Waals surface area contributed by atoms with Crippen molar-refractivity contribution in [1.82, 2.24) is 14.5 Å². The van der Waals surface area contributed by atoms with Gasteiger partial charge in [0.15, 0.2) is 17.5 Å². The highest BCUT2D eigenvalue weighted by Crippen LogP contribution is 2.34. The number of amides is 1. The van der Waals surface area contributed by atoms with Gasteiger partial charge >= 0.3 is 5.97 Å². The largest absolute Gasteiger partial charge is 0.481 e. The zero-order valence-electron chi connectivity index (χ0n) is 19.4. The van der Waals surface area contributed by atoms with Crippen molar-refractivity contribution in [1.29, 1.82) is 0 Å². The third-order valence-corrected chi connectivity index (χ3v) is 7.55. The SMILES string of the molecule is O=C(O)C1CCC(CC(=O)N2CCc3c(n(Cc4c(F)cc(F)c(F)c4F)c4ncccc34)C2)CC1. The van der Waals surface area contributed by atoms with Gasteiger partial charge in [0.05, 0.1) is 19.0 Å². The lowest BCUT2D eigenvalue weighted by Gasteiger charge is -2.31. The van der Waals surface area contributed by atoms with Crippen LogP contribution < -0.4 is 0 Å². The Labute approximate surface area is 204 Å². The molecule has 0 radical (unpaired) electrons. The van der Waals surface area contributed by atoms with Gasteiger partial charge in [0.1, 0.15) is 11.5 Å². The van der Waals surface area contributed by atoms with Gasteiger partial charge in [-0.3, -0.25) is 9.59 Å². The van der Waals surface area contributed by atoms with Crippen LogP contribution in [0.5, 0.6) is 0 Å². The fraction of sp³-hybridized carbons (Fsp3) is 0.423. The molecule has 190 valence electrons. The summed E-state index contributed by atoms with van der Waals surface area (Å²) in [5, 5.41) is 9.98. The molecule has 0 saturated heterocycles. The van der Waals surface area contributed by atoms with Gasteiger partial charge in [-0.05, 0) is 55.7 Å². The molecule has 10 heteroatoms. The minimum atomic E-state index is -1.74. The van der Waals surface area contributed by atoms with E-state index in [2.05, 4.69) is 4.98 Å². The van der Waals surface area contributed by atoms with E-state index in [-0.39, 0.29) is 24.3 Å². The summed E-state index contributed by atoms with van der Waals surface area (Å²) in [7, 11) is 0. The number of nitrogens with zero attached hydrogens (tertiary/aromatic N) is 3. The maximum atomic E-state index is 14.5. The fourth-order valence-corrected chi connectivity index (χ4v) is 5.54. The first-order valence-corrected chi connectivity index (χ1v) is 12.0. The van der Waals surface area contributed by atoms with Crippen molar-refractivity contribution < 1.29 is 32.3 Å². The van der Waals surface area contributed by atoms with Crippen LogP contribution in [0.3, 0.4) is 0 Å². The first-order chi connectivity index (χ1) is 17.2. The van der Waals surface area contributed by atoms with Gasteiger partial charge < -0.3 is 14.6 Å². The van der Waals surface area contributed by atoms with Crippen LogP contribution in [0.1, 0.15) is 48.9 Å². The highest BCUT2D eigenvalue weighted by molar-refractivity contribution is 5.84. The van der Waals surface area contributed by atoms with Crippen LogP contribution in [0, 0.1) is 35.1 Å². The molecule has 3 aromatic rings. The van der Waals surface area contributed by atoms with E-state index in [9.17, 15) is 32.3 Å². The number of carboxylic acid groups (broad SMARTS) is 1. The van der Waals surface area contributed by atoms with Crippen LogP contribution in [0.25, 0.3) is 11.0 Å². The van der Waals surface area contributed by atoms with E-state index in [0.717, 1.165) is 10.9 Å². The topological polar surface area (TPSA) is 75.4 Å². The van der Waals surface area contributed by atoms with Crippen molar-refractivity contribution in [3.05, 3.63) is 64.5 Å². The molecule has 1 aliphatic heterocycles. The lowest BCUT2D eigenvalue weighted by molar-refractivity contribution is -0.143. The molecule has 0 spiro atoms. The van der Waals surface area contributed by atoms with Crippen molar-refractivity contribution >= 4 is 22.9 Å². The number of hydrogen-bond acceptors (Lipinski definition) is 3. The molecule has 2 aliphatic rings. The molecule has 0 bridgehead atoms. The van der Waals surface area contributed by atoms with Crippen LogP contribution in [0.15, 0.2) is 24.4 Å². The van der Waals surface area contributed by atoms with Crippen molar-refractivity contribution in [2.45, 2.75) is 51.6 Å². The quantitative estimate of drug-likeness (QED) is 0.308. The first kappa shape index (κ1) is 24.3. The summed E-state index contributed by atoms with van der Waals surface area (Å²) in [6, 6.07) is 3.92. The van der Waals surface area contributed by atoms with E-state index >= 15 is 0 Å². The Bertz CT molecular complexity index is 1350. The van der Waals surface area contributed by atoms with E-state index in [1.165, 1.54) is 0 Å². The number of carbonyl (C=O) groups is 2. The molecule has 0 unspecified atom stereocenters. The second-order valence-corrected chi connectivity index (χ2v) is 9.66. The number of hydrogen-bond donors (Lipinski definition) is 1. The van der Waals surface area contributed by atoms with Crippen molar-refractivity contribution in [2.24, 2.45) is 11.8 Å². The molecule has 1 aromatic carbocycles. The Morgan fingerprint density at radius 1 is 1.06 bits per heavy atom. The fourth-order valence-electron chi connectivity index (χ4n) is 5.54. The molecule has 1 amide bonds. The van der Waals surface area contributed by atoms with E-state index < -0.39 is 41.3 Å². The highest BCUT2D eigenvalue weighted by atomic mass is 19.2. The number of carboxylic acids is 1. The Kier molecular flexibility index (Phi) is 6.44. The average molecular weight is 503 g/mol. The molecular formula is C26H25F4N3O3. The first-order valence-electron chi connectivity index (χ1n) is 12.0. The summed E-state index contributed by atoms with van der Waals surface area (Å²) >= 11 is 0. The predicted molar refractivity (Wildman–Crippen MR) is 122 cm³/mol. The van der Waals surface area contributed by atoms with Crippen molar-refractivity contribution in [3.8, 4) is 0 Å². The van der Waals surface area contributed by atoms with Crippen molar-refractivity contribution in [2.75, 3.05) is 6.54 Å². The number of rotatable bonds is 5.